The zero-order valence-electron chi connectivity index (χ0n) is 74.3. The van der Waals surface area contributed by atoms with E-state index in [1.807, 2.05) is 59.5 Å². The molecule has 2 N–H and O–H groups in total. The van der Waals surface area contributed by atoms with Gasteiger partial charge in [0.1, 0.15) is 58.9 Å². The molecule has 3 aromatic carbocycles. The van der Waals surface area contributed by atoms with Crippen LogP contribution in [0.3, 0.4) is 0 Å². The molecule has 0 spiro atoms. The molecular weight excluding hydrogens is 1760 g/mol. The Bertz CT molecular complexity index is 6150. The number of thiophene rings is 3. The topological polar surface area (TPSA) is 297 Å². The Labute approximate surface area is 798 Å². The molecule has 6 fully saturated rings. The largest absolute Gasteiger partial charge is 1.00 e. The van der Waals surface area contributed by atoms with Crippen LogP contribution in [-0.4, -0.2) is 167 Å². The minimum Gasteiger partial charge on any atom is -1.00 e. The van der Waals surface area contributed by atoms with Crippen molar-refractivity contribution in [2.45, 2.75) is 156 Å². The Morgan fingerprint density at radius 3 is 1.14 bits per heavy atom. The number of amides is 5. The van der Waals surface area contributed by atoms with Gasteiger partial charge in [0, 0.05) is 152 Å². The van der Waals surface area contributed by atoms with E-state index in [1.54, 1.807) is 138 Å². The van der Waals surface area contributed by atoms with E-state index in [0.717, 1.165) is 119 Å². The number of pyridine rings is 6. The van der Waals surface area contributed by atoms with Gasteiger partial charge in [0.15, 0.2) is 34.7 Å². The molecule has 0 unspecified atom stereocenters. The number of nitrogens with one attached hydrogen (secondary N) is 2. The van der Waals surface area contributed by atoms with Crippen LogP contribution in [0.15, 0.2) is 165 Å². The maximum Gasteiger partial charge on any atom is 1.00 e. The van der Waals surface area contributed by atoms with Gasteiger partial charge in [0.05, 0.1) is 68.9 Å². The third kappa shape index (κ3) is 27.5. The number of halogens is 4. The monoisotopic (exact) mass is 1870 g/mol. The number of ether oxygens (including phenoxy) is 5. The Morgan fingerprint density at radius 2 is 0.809 bits per heavy atom. The van der Waals surface area contributed by atoms with Crippen molar-refractivity contribution in [1.29, 1.82) is 0 Å². The van der Waals surface area contributed by atoms with E-state index in [-0.39, 0.29) is 123 Å². The predicted octanol–water partition coefficient (Wildman–Crippen LogP) is 17.0. The minimum absolute atomic E-state index is 0. The summed E-state index contributed by atoms with van der Waals surface area (Å²) < 4.78 is 75.3. The van der Waals surface area contributed by atoms with Crippen molar-refractivity contribution in [1.82, 2.24) is 60.1 Å². The SMILES string of the molecule is C.CC(C)(C)OC(=O)N1CCN(Cc2ccc(-c3cc4nccc(Oc5ccc(CC(=O)CC6CC6)cc5F)c4s3)nc2)C(=O)C1.CC(C)(C)OC(=O)N1CCNC(=O)C1.O=C(Cc1ccc(Oc2ccnc3cc(-c4ccc(CCl)cn4)sc23)c(F)c1)CC1CC1.O=C(Cc1ccc(Oc2ccnc3cc(-c4ccc(CN5CCNCC5=O)cn4)sc23)c(F)c1)CC1CC1.[H-].[Na+]. The number of alkyl halides is 1. The van der Waals surface area contributed by atoms with Crippen molar-refractivity contribution in [3.63, 3.8) is 0 Å². The van der Waals surface area contributed by atoms with Crippen LogP contribution >= 0.6 is 45.6 Å². The molecule has 0 radical (unpaired) electrons. The second kappa shape index (κ2) is 43.9. The van der Waals surface area contributed by atoms with Crippen LogP contribution in [-0.2, 0) is 76.5 Å². The number of carbonyl (C=O) groups excluding carboxylic acids is 8. The molecule has 6 aliphatic rings. The van der Waals surface area contributed by atoms with E-state index < -0.39 is 40.8 Å². The van der Waals surface area contributed by atoms with Crippen LogP contribution in [0.2, 0.25) is 0 Å². The molecule has 18 rings (SSSR count). The summed E-state index contributed by atoms with van der Waals surface area (Å²) >= 11 is 10.3. The second-order valence-electron chi connectivity index (χ2n) is 34.8. The van der Waals surface area contributed by atoms with Crippen LogP contribution in [0, 0.1) is 35.2 Å². The maximum absolute atomic E-state index is 15.0. The molecule has 131 heavy (non-hydrogen) atoms. The fourth-order valence-electron chi connectivity index (χ4n) is 14.5. The third-order valence-electron chi connectivity index (χ3n) is 21.6. The Morgan fingerprint density at radius 1 is 0.443 bits per heavy atom. The van der Waals surface area contributed by atoms with E-state index in [1.165, 1.54) is 62.0 Å². The molecule has 3 aliphatic heterocycles. The molecule has 3 aliphatic carbocycles. The Balaban J connectivity index is 0.000000166. The third-order valence-corrected chi connectivity index (χ3v) is 25.4. The summed E-state index contributed by atoms with van der Waals surface area (Å²) in [6.07, 6.45) is 18.5. The van der Waals surface area contributed by atoms with Crippen LogP contribution in [0.5, 0.6) is 34.5 Å². The van der Waals surface area contributed by atoms with Crippen LogP contribution in [0.4, 0.5) is 22.8 Å². The quantitative estimate of drug-likeness (QED) is 0.0376. The number of hydrogen-bond donors (Lipinski definition) is 2. The summed E-state index contributed by atoms with van der Waals surface area (Å²) in [6.45, 7) is 15.5. The summed E-state index contributed by atoms with van der Waals surface area (Å²) in [5.41, 5.74) is 8.19. The summed E-state index contributed by atoms with van der Waals surface area (Å²) in [6, 6.07) is 36.7. The summed E-state index contributed by atoms with van der Waals surface area (Å²) in [5.74, 6) is 2.58. The number of nitrogens with zero attached hydrogens (tertiary/aromatic N) is 10. The van der Waals surface area contributed by atoms with Gasteiger partial charge in [-0.25, -0.2) is 22.8 Å². The summed E-state index contributed by atoms with van der Waals surface area (Å²) in [7, 11) is 0. The average Bonchev–Trinajstić information content (AvgIpc) is 1.65. The molecule has 3 saturated heterocycles. The maximum atomic E-state index is 15.0. The first-order chi connectivity index (χ1) is 62.0. The number of piperazine rings is 3. The molecule has 3 saturated carbocycles. The van der Waals surface area contributed by atoms with Crippen molar-refractivity contribution in [2.75, 3.05) is 58.9 Å². The molecule has 5 amide bonds. The van der Waals surface area contributed by atoms with Gasteiger partial charge in [0.2, 0.25) is 17.7 Å². The predicted molar refractivity (Wildman–Crippen MR) is 496 cm³/mol. The van der Waals surface area contributed by atoms with Crippen LogP contribution < -0.4 is 54.4 Å². The van der Waals surface area contributed by atoms with Gasteiger partial charge in [-0.3, -0.25) is 68.5 Å². The van der Waals surface area contributed by atoms with Crippen LogP contribution in [0.25, 0.3) is 62.4 Å². The Kier molecular flexibility index (Phi) is 32.6. The van der Waals surface area contributed by atoms with E-state index in [2.05, 4.69) is 40.5 Å². The molecule has 25 nitrogen and oxygen atoms in total. The fraction of sp³-hybridized carbons (Fsp3) is 0.367. The van der Waals surface area contributed by atoms with Gasteiger partial charge in [-0.2, -0.15) is 0 Å². The van der Waals surface area contributed by atoms with Crippen molar-refractivity contribution in [2.24, 2.45) is 17.8 Å². The molecule has 680 valence electrons. The van der Waals surface area contributed by atoms with Crippen molar-refractivity contribution in [3.05, 3.63) is 215 Å². The first-order valence-electron chi connectivity index (χ1n) is 43.0. The normalized spacial score (nSPS) is 15.0. The van der Waals surface area contributed by atoms with E-state index >= 15 is 0 Å². The van der Waals surface area contributed by atoms with Crippen molar-refractivity contribution < 1.29 is 106 Å². The van der Waals surface area contributed by atoms with Gasteiger partial charge in [-0.05, 0) is 204 Å². The minimum atomic E-state index is -0.619. The second-order valence-corrected chi connectivity index (χ2v) is 38.3. The number of aromatic nitrogens is 6. The van der Waals surface area contributed by atoms with Crippen LogP contribution in [0.1, 0.15) is 142 Å². The number of hydrogen-bond acceptors (Lipinski definition) is 23. The first-order valence-corrected chi connectivity index (χ1v) is 46.0. The molecule has 12 heterocycles. The zero-order chi connectivity index (χ0) is 90.6. The summed E-state index contributed by atoms with van der Waals surface area (Å²) in [4.78, 5) is 132. The number of carbonyl (C=O) groups is 8. The zero-order valence-corrected chi connectivity index (χ0v) is 78.5. The molecule has 12 aromatic rings. The number of ketones is 3. The molecule has 0 atom stereocenters. The first kappa shape index (κ1) is 97.4. The van der Waals surface area contributed by atoms with Gasteiger partial charge in [-0.1, -0.05) is 43.8 Å². The molecule has 9 aromatic heterocycles. The molecule has 33 heteroatoms. The van der Waals surface area contributed by atoms with Crippen molar-refractivity contribution in [3.8, 4) is 66.2 Å². The van der Waals surface area contributed by atoms with E-state index in [0.29, 0.717) is 135 Å². The molecular formula is C98H103ClF3N12NaO13S3. The standard InChI is InChI=1S/C34H35FN4O5S.C29H27FN4O3S.C25H20ClFN2O2S.C9H16N2O3.CH4.Na.H/c1-34(2,3)44-33(42)39-13-12-38(31(41)20-39)19-23-6-8-26(37-18-23)30-17-27-32(45-30)29(10-11-36-27)43-28-9-7-22(16-25(28)35)15-24(40)14-21-4-5-21;30-22-13-19(12-21(35)11-18-1-2-18)4-6-25(22)37-26-7-8-32-24-14-27(38-29(24)26)23-5-3-20(15-33-23)17-34-10-9-31-16-28(34)36;26-13-17-3-5-20(29-14-17)24-12-21-25(32-24)23(7-8-28-21)31-22-6-4-16(11-19(22)27)10-18(30)9-15-1-2-15;1-9(2,3)14-8(13)11-5-4-10-7(12)6-11;;;/h6-11,16-18,21H,4-5,12-15,19-20H2,1-3H3;3-8,13-15,18,31H,1-2,9-12,16-17H2;3-8,11-12,14-15H,1-2,9-10,13H2;4-6H2,1-3H3,(H,10,12);1H4;;/q;;;;;+1;-1. The van der Waals surface area contributed by atoms with E-state index in [4.69, 9.17) is 35.3 Å². The van der Waals surface area contributed by atoms with Gasteiger partial charge >= 0.3 is 41.7 Å². The number of Topliss-reactive ketones (excluding diaryl/α,β-unsaturated/α-hetero) is 3. The Hall–Kier alpha value is -11.2. The fourth-order valence-corrected chi connectivity index (χ4v) is 17.8. The van der Waals surface area contributed by atoms with Crippen molar-refractivity contribution >= 4 is 124 Å². The van der Waals surface area contributed by atoms with Gasteiger partial charge in [0.25, 0.3) is 0 Å². The smallest absolute Gasteiger partial charge is 1.00 e. The van der Waals surface area contributed by atoms with Gasteiger partial charge in [-0.15, -0.1) is 45.6 Å². The van der Waals surface area contributed by atoms with E-state index in [9.17, 15) is 51.5 Å². The summed E-state index contributed by atoms with van der Waals surface area (Å²) in [5, 5.41) is 5.72. The number of fused-ring (bicyclic) bond motifs is 3. The number of benzene rings is 3. The van der Waals surface area contributed by atoms with Gasteiger partial charge < -0.3 is 45.5 Å². The molecule has 0 bridgehead atoms. The number of rotatable bonds is 26. The average molecular weight is 1870 g/mol.